The van der Waals surface area contributed by atoms with Gasteiger partial charge in [0.05, 0.1) is 30.0 Å². The molecule has 8 heteroatoms. The van der Waals surface area contributed by atoms with Gasteiger partial charge >= 0.3 is 0 Å². The molecule has 0 aliphatic carbocycles. The molecule has 7 nitrogen and oxygen atoms in total. The van der Waals surface area contributed by atoms with Gasteiger partial charge < -0.3 is 15.1 Å². The smallest absolute Gasteiger partial charge is 0.255 e. The Morgan fingerprint density at radius 3 is 2.70 bits per heavy atom. The van der Waals surface area contributed by atoms with Crippen LogP contribution in [0.2, 0.25) is 0 Å². The molecule has 0 aliphatic rings. The summed E-state index contributed by atoms with van der Waals surface area (Å²) >= 11 is 1.36. The maximum atomic E-state index is 12.0. The molecule has 136 valence electrons. The van der Waals surface area contributed by atoms with Gasteiger partial charge in [0, 0.05) is 17.5 Å². The fourth-order valence-electron chi connectivity index (χ4n) is 2.39. The summed E-state index contributed by atoms with van der Waals surface area (Å²) in [5.41, 5.74) is 2.07. The minimum absolute atomic E-state index is 0.159. The summed E-state index contributed by atoms with van der Waals surface area (Å²) in [6.07, 6.45) is 3.79. The van der Waals surface area contributed by atoms with Gasteiger partial charge in [-0.25, -0.2) is 4.98 Å². The molecule has 0 unspecified atom stereocenters. The Morgan fingerprint density at radius 2 is 2.04 bits per heavy atom. The molecule has 3 aromatic rings. The first-order valence-electron chi connectivity index (χ1n) is 8.11. The number of nitrogens with zero attached hydrogens (tertiary/aromatic N) is 2. The van der Waals surface area contributed by atoms with Crippen molar-refractivity contribution in [1.82, 2.24) is 10.3 Å². The van der Waals surface area contributed by atoms with E-state index in [0.29, 0.717) is 28.4 Å². The van der Waals surface area contributed by atoms with Crippen molar-refractivity contribution in [2.24, 2.45) is 0 Å². The maximum Gasteiger partial charge on any atom is 0.255 e. The second kappa shape index (κ2) is 8.29. The van der Waals surface area contributed by atoms with E-state index in [-0.39, 0.29) is 18.4 Å². The number of thiazole rings is 1. The number of hydrogen-bond acceptors (Lipinski definition) is 6. The van der Waals surface area contributed by atoms with E-state index in [1.54, 1.807) is 31.3 Å². The van der Waals surface area contributed by atoms with Gasteiger partial charge in [-0.05, 0) is 30.7 Å². The lowest BCUT2D eigenvalue weighted by molar-refractivity contribution is -0.115. The van der Waals surface area contributed by atoms with Gasteiger partial charge in [-0.3, -0.25) is 9.59 Å². The first-order chi connectivity index (χ1) is 13.0. The van der Waals surface area contributed by atoms with Crippen molar-refractivity contribution in [3.8, 4) is 6.07 Å². The second-order valence-electron chi connectivity index (χ2n) is 5.74. The van der Waals surface area contributed by atoms with Crippen molar-refractivity contribution >= 4 is 28.3 Å². The number of nitriles is 1. The number of rotatable bonds is 6. The zero-order valence-electron chi connectivity index (χ0n) is 14.5. The van der Waals surface area contributed by atoms with E-state index in [9.17, 15) is 9.59 Å². The fourth-order valence-corrected chi connectivity index (χ4v) is 3.25. The Balaban J connectivity index is 1.51. The lowest BCUT2D eigenvalue weighted by Gasteiger charge is -2.04. The van der Waals surface area contributed by atoms with Gasteiger partial charge in [-0.2, -0.15) is 5.26 Å². The van der Waals surface area contributed by atoms with Crippen LogP contribution in [0.25, 0.3) is 0 Å². The van der Waals surface area contributed by atoms with E-state index in [4.69, 9.17) is 9.68 Å². The average Bonchev–Trinajstić information content (AvgIpc) is 3.29. The number of carbonyl (C=O) groups is 2. The van der Waals surface area contributed by atoms with Crippen LogP contribution in [0.5, 0.6) is 0 Å². The molecule has 1 aromatic carbocycles. The first kappa shape index (κ1) is 18.4. The Labute approximate surface area is 159 Å². The number of anilines is 1. The summed E-state index contributed by atoms with van der Waals surface area (Å²) in [5, 5.41) is 14.5. The first-order valence-corrected chi connectivity index (χ1v) is 8.92. The van der Waals surface area contributed by atoms with E-state index in [2.05, 4.69) is 21.7 Å². The highest BCUT2D eigenvalue weighted by molar-refractivity contribution is 7.15. The van der Waals surface area contributed by atoms with Gasteiger partial charge in [0.25, 0.3) is 5.91 Å². The van der Waals surface area contributed by atoms with Crippen LogP contribution in [-0.2, 0) is 11.2 Å². The van der Waals surface area contributed by atoms with Crippen LogP contribution in [0.15, 0.2) is 47.2 Å². The number of amides is 2. The molecule has 3 rings (SSSR count). The number of furan rings is 1. The van der Waals surface area contributed by atoms with Crippen LogP contribution in [0.1, 0.15) is 32.1 Å². The van der Waals surface area contributed by atoms with Crippen molar-refractivity contribution in [2.75, 3.05) is 11.9 Å². The van der Waals surface area contributed by atoms with E-state index in [1.165, 1.54) is 17.6 Å². The van der Waals surface area contributed by atoms with Crippen LogP contribution in [-0.4, -0.2) is 23.3 Å². The monoisotopic (exact) mass is 380 g/mol. The Morgan fingerprint density at radius 1 is 1.26 bits per heavy atom. The molecule has 27 heavy (non-hydrogen) atoms. The largest absolute Gasteiger partial charge is 0.469 e. The summed E-state index contributed by atoms with van der Waals surface area (Å²) in [4.78, 5) is 29.1. The molecule has 0 bridgehead atoms. The molecule has 0 aliphatic heterocycles. The summed E-state index contributed by atoms with van der Waals surface area (Å²) < 4.78 is 5.07. The number of benzene rings is 1. The zero-order chi connectivity index (χ0) is 19.2. The molecule has 2 N–H and O–H groups in total. The van der Waals surface area contributed by atoms with Crippen molar-refractivity contribution in [1.29, 1.82) is 5.26 Å². The standard InChI is InChI=1S/C19H16N4O3S/c1-12-16(6-7-26-12)18(25)21-11-17(24)23-19-22-10-15(27-19)8-13-2-4-14(9-20)5-3-13/h2-7,10H,8,11H2,1H3,(H,21,25)(H,22,23,24). The van der Waals surface area contributed by atoms with Crippen LogP contribution in [0.4, 0.5) is 5.13 Å². The molecule has 0 spiro atoms. The average molecular weight is 380 g/mol. The van der Waals surface area contributed by atoms with E-state index in [0.717, 1.165) is 10.4 Å². The highest BCUT2D eigenvalue weighted by atomic mass is 32.1. The minimum atomic E-state index is -0.364. The number of aromatic nitrogens is 1. The predicted octanol–water partition coefficient (Wildman–Crippen LogP) is 2.88. The third-order valence-electron chi connectivity index (χ3n) is 3.77. The topological polar surface area (TPSA) is 108 Å². The van der Waals surface area contributed by atoms with E-state index >= 15 is 0 Å². The number of hydrogen-bond donors (Lipinski definition) is 2. The number of nitrogens with one attached hydrogen (secondary N) is 2. The van der Waals surface area contributed by atoms with Crippen molar-refractivity contribution in [3.63, 3.8) is 0 Å². The molecule has 0 radical (unpaired) electrons. The highest BCUT2D eigenvalue weighted by Gasteiger charge is 2.13. The maximum absolute atomic E-state index is 12.0. The van der Waals surface area contributed by atoms with Crippen LogP contribution in [0.3, 0.4) is 0 Å². The minimum Gasteiger partial charge on any atom is -0.469 e. The molecule has 0 saturated carbocycles. The molecule has 0 atom stereocenters. The normalized spacial score (nSPS) is 10.2. The predicted molar refractivity (Wildman–Crippen MR) is 100 cm³/mol. The number of carbonyl (C=O) groups excluding carboxylic acids is 2. The SMILES string of the molecule is Cc1occc1C(=O)NCC(=O)Nc1ncc(Cc2ccc(C#N)cc2)s1. The second-order valence-corrected chi connectivity index (χ2v) is 6.85. The van der Waals surface area contributed by atoms with Gasteiger partial charge in [0.1, 0.15) is 5.76 Å². The van der Waals surface area contributed by atoms with Crippen molar-refractivity contribution in [2.45, 2.75) is 13.3 Å². The lowest BCUT2D eigenvalue weighted by atomic mass is 10.1. The summed E-state index contributed by atoms with van der Waals surface area (Å²) in [5.74, 6) is -0.221. The summed E-state index contributed by atoms with van der Waals surface area (Å²) in [6.45, 7) is 1.52. The zero-order valence-corrected chi connectivity index (χ0v) is 15.3. The molecule has 2 amide bonds. The van der Waals surface area contributed by atoms with Gasteiger partial charge in [0.15, 0.2) is 5.13 Å². The summed E-state index contributed by atoms with van der Waals surface area (Å²) in [7, 11) is 0. The summed E-state index contributed by atoms with van der Waals surface area (Å²) in [6, 6.07) is 11.0. The van der Waals surface area contributed by atoms with Crippen LogP contribution >= 0.6 is 11.3 Å². The van der Waals surface area contributed by atoms with Crippen LogP contribution in [0, 0.1) is 18.3 Å². The van der Waals surface area contributed by atoms with E-state index < -0.39 is 0 Å². The Hall–Kier alpha value is -3.44. The lowest BCUT2D eigenvalue weighted by Crippen LogP contribution is -2.32. The van der Waals surface area contributed by atoms with Gasteiger partial charge in [0.2, 0.25) is 5.91 Å². The molecular weight excluding hydrogens is 364 g/mol. The Bertz CT molecular complexity index is 999. The molecule has 2 aromatic heterocycles. The van der Waals surface area contributed by atoms with Crippen molar-refractivity contribution < 1.29 is 14.0 Å². The third kappa shape index (κ3) is 4.80. The van der Waals surface area contributed by atoms with E-state index in [1.807, 2.05) is 12.1 Å². The highest BCUT2D eigenvalue weighted by Crippen LogP contribution is 2.21. The molecular formula is C19H16N4O3S. The van der Waals surface area contributed by atoms with Gasteiger partial charge in [-0.1, -0.05) is 12.1 Å². The Kier molecular flexibility index (Phi) is 5.64. The van der Waals surface area contributed by atoms with Crippen LogP contribution < -0.4 is 10.6 Å². The fraction of sp³-hybridized carbons (Fsp3) is 0.158. The molecule has 0 saturated heterocycles. The molecule has 2 heterocycles. The number of aryl methyl sites for hydroxylation is 1. The van der Waals surface area contributed by atoms with Crippen molar-refractivity contribution in [3.05, 3.63) is 70.1 Å². The van der Waals surface area contributed by atoms with Gasteiger partial charge in [-0.15, -0.1) is 11.3 Å². The molecule has 0 fully saturated rings. The third-order valence-corrected chi connectivity index (χ3v) is 4.69. The quantitative estimate of drug-likeness (QED) is 0.684.